The first-order valence-corrected chi connectivity index (χ1v) is 15.7. The zero-order chi connectivity index (χ0) is 32.5. The second-order valence-corrected chi connectivity index (χ2v) is 11.9. The van der Waals surface area contributed by atoms with Gasteiger partial charge in [-0.1, -0.05) is 86.6 Å². The number of likely N-dealkylation sites (tertiary alicyclic amines) is 1. The van der Waals surface area contributed by atoms with E-state index in [0.29, 0.717) is 25.1 Å². The van der Waals surface area contributed by atoms with Gasteiger partial charge in [0.25, 0.3) is 0 Å². The lowest BCUT2D eigenvalue weighted by Gasteiger charge is -2.33. The Kier molecular flexibility index (Phi) is 10.7. The zero-order valence-corrected chi connectivity index (χ0v) is 26.1. The summed E-state index contributed by atoms with van der Waals surface area (Å²) < 4.78 is 6.37. The molecule has 0 radical (unpaired) electrons. The second-order valence-electron chi connectivity index (χ2n) is 11.9. The fourth-order valence-electron chi connectivity index (χ4n) is 5.72. The number of carbonyl (C=O) groups excluding carboxylic acids is 4. The molecule has 238 valence electrons. The van der Waals surface area contributed by atoms with E-state index in [2.05, 4.69) is 16.0 Å². The smallest absolute Gasteiger partial charge is 0.247 e. The van der Waals surface area contributed by atoms with Gasteiger partial charge < -0.3 is 25.6 Å². The molecule has 6 rings (SSSR count). The normalized spacial score (nSPS) is 22.5. The molecule has 1 saturated heterocycles. The lowest BCUT2D eigenvalue weighted by molar-refractivity contribution is -0.139. The van der Waals surface area contributed by atoms with Crippen molar-refractivity contribution in [3.05, 3.63) is 114 Å². The van der Waals surface area contributed by atoms with E-state index in [-0.39, 0.29) is 18.2 Å². The molecule has 0 unspecified atom stereocenters. The Bertz CT molecular complexity index is 1570. The third kappa shape index (κ3) is 8.29. The molecular formula is C37H40N4O5. The number of ether oxygens (including phenoxy) is 1. The van der Waals surface area contributed by atoms with Crippen molar-refractivity contribution in [2.45, 2.75) is 57.3 Å². The Labute approximate surface area is 269 Å². The number of hydrogen-bond acceptors (Lipinski definition) is 5. The van der Waals surface area contributed by atoms with Crippen LogP contribution >= 0.6 is 0 Å². The van der Waals surface area contributed by atoms with Gasteiger partial charge in [-0.3, -0.25) is 19.2 Å². The summed E-state index contributed by atoms with van der Waals surface area (Å²) in [5.41, 5.74) is 2.59. The van der Waals surface area contributed by atoms with Crippen molar-refractivity contribution in [2.75, 3.05) is 6.54 Å². The molecule has 9 heteroatoms. The maximum atomic E-state index is 14.1. The van der Waals surface area contributed by atoms with E-state index in [1.165, 1.54) is 11.0 Å². The van der Waals surface area contributed by atoms with Crippen LogP contribution in [0.25, 0.3) is 12.2 Å². The lowest BCUT2D eigenvalue weighted by atomic mass is 9.96. The quantitative estimate of drug-likeness (QED) is 0.344. The average Bonchev–Trinajstić information content (AvgIpc) is 3.56. The van der Waals surface area contributed by atoms with Crippen molar-refractivity contribution in [3.63, 3.8) is 0 Å². The molecule has 0 aliphatic carbocycles. The van der Waals surface area contributed by atoms with E-state index in [0.717, 1.165) is 16.7 Å². The van der Waals surface area contributed by atoms with Crippen LogP contribution in [-0.2, 0) is 25.6 Å². The van der Waals surface area contributed by atoms with Crippen molar-refractivity contribution in [1.82, 2.24) is 20.9 Å². The van der Waals surface area contributed by atoms with Crippen molar-refractivity contribution >= 4 is 35.8 Å². The first kappa shape index (κ1) is 32.2. The minimum atomic E-state index is -1.16. The number of benzene rings is 3. The van der Waals surface area contributed by atoms with Crippen LogP contribution in [0.5, 0.6) is 5.75 Å². The summed E-state index contributed by atoms with van der Waals surface area (Å²) in [4.78, 5) is 56.1. The first-order chi connectivity index (χ1) is 22.3. The predicted molar refractivity (Wildman–Crippen MR) is 177 cm³/mol. The number of fused-ring (bicyclic) bond motifs is 10. The van der Waals surface area contributed by atoms with Gasteiger partial charge in [-0.25, -0.2) is 0 Å². The highest BCUT2D eigenvalue weighted by Crippen LogP contribution is 2.23. The number of nitrogens with one attached hydrogen (secondary N) is 3. The van der Waals surface area contributed by atoms with Gasteiger partial charge in [0.1, 0.15) is 30.0 Å². The number of hydrogen-bond donors (Lipinski definition) is 3. The van der Waals surface area contributed by atoms with Gasteiger partial charge in [0.15, 0.2) is 0 Å². The Balaban J connectivity index is 1.42. The monoisotopic (exact) mass is 620 g/mol. The maximum Gasteiger partial charge on any atom is 0.247 e. The highest BCUT2D eigenvalue weighted by Gasteiger charge is 2.40. The lowest BCUT2D eigenvalue weighted by Crippen LogP contribution is -2.62. The molecule has 3 aromatic carbocycles. The number of rotatable bonds is 7. The van der Waals surface area contributed by atoms with Crippen LogP contribution in [-0.4, -0.2) is 59.3 Å². The highest BCUT2D eigenvalue weighted by molar-refractivity contribution is 5.98. The Morgan fingerprint density at radius 1 is 0.957 bits per heavy atom. The van der Waals surface area contributed by atoms with Crippen LogP contribution < -0.4 is 20.7 Å². The summed E-state index contributed by atoms with van der Waals surface area (Å²) in [6, 6.07) is 23.3. The standard InChI is InChI=1S/C37H40N4O5/c1-25(2)34-33(40-36(44)31-14-9-23-41(31)32(42)20-17-26-10-5-3-6-11-26)37(45)39-30(24-28-12-7-4-8-13-28)35(43)38-22-21-27-15-18-29(46-34)19-16-27/h3-8,10-13,15-22,25,30-31,33-34H,9,14,23-24H2,1-2H3,(H,38,43)(H,39,45)(H,40,44)/b20-17+,22-21+/t30-,31+,33+,34+/m1/s1. The van der Waals surface area contributed by atoms with Crippen LogP contribution in [0, 0.1) is 5.92 Å². The van der Waals surface area contributed by atoms with Gasteiger partial charge in [0, 0.05) is 25.2 Å². The Hall–Kier alpha value is -5.18. The van der Waals surface area contributed by atoms with Crippen LogP contribution in [0.15, 0.2) is 97.2 Å². The SMILES string of the molecule is CC(C)[C@@H]1Oc2ccc(cc2)/C=C/NC(=O)[C@@H](Cc2ccccc2)NC(=O)[C@H]1NC(=O)[C@@H]1CCCN1C(=O)/C=C/c1ccccc1. The Morgan fingerprint density at radius 3 is 2.35 bits per heavy atom. The topological polar surface area (TPSA) is 117 Å². The molecule has 3 aliphatic rings. The summed E-state index contributed by atoms with van der Waals surface area (Å²) in [6.45, 7) is 4.24. The van der Waals surface area contributed by atoms with E-state index < -0.39 is 42.0 Å². The van der Waals surface area contributed by atoms with Gasteiger partial charge in [0.2, 0.25) is 23.6 Å². The van der Waals surface area contributed by atoms with Gasteiger partial charge in [-0.05, 0) is 59.7 Å². The second kappa shape index (κ2) is 15.2. The minimum Gasteiger partial charge on any atom is -0.487 e. The molecule has 0 spiro atoms. The van der Waals surface area contributed by atoms with E-state index in [4.69, 9.17) is 4.74 Å². The van der Waals surface area contributed by atoms with E-state index in [1.54, 1.807) is 30.5 Å². The van der Waals surface area contributed by atoms with Crippen LogP contribution in [0.1, 0.15) is 43.4 Å². The molecule has 0 saturated carbocycles. The fraction of sp³-hybridized carbons (Fsp3) is 0.297. The molecule has 4 atom stereocenters. The van der Waals surface area contributed by atoms with Gasteiger partial charge >= 0.3 is 0 Å². The van der Waals surface area contributed by atoms with Crippen molar-refractivity contribution in [3.8, 4) is 5.75 Å². The van der Waals surface area contributed by atoms with Crippen LogP contribution in [0.3, 0.4) is 0 Å². The summed E-state index contributed by atoms with van der Waals surface area (Å²) >= 11 is 0. The summed E-state index contributed by atoms with van der Waals surface area (Å²) in [7, 11) is 0. The molecule has 1 fully saturated rings. The van der Waals surface area contributed by atoms with Gasteiger partial charge in [-0.15, -0.1) is 0 Å². The third-order valence-corrected chi connectivity index (χ3v) is 8.19. The first-order valence-electron chi connectivity index (χ1n) is 15.7. The molecule has 3 N–H and O–H groups in total. The highest BCUT2D eigenvalue weighted by atomic mass is 16.5. The van der Waals surface area contributed by atoms with Crippen LogP contribution in [0.2, 0.25) is 0 Å². The third-order valence-electron chi connectivity index (χ3n) is 8.19. The summed E-state index contributed by atoms with van der Waals surface area (Å²) in [6.07, 6.45) is 7.09. The average molecular weight is 621 g/mol. The Morgan fingerprint density at radius 2 is 1.65 bits per heavy atom. The maximum absolute atomic E-state index is 14.1. The van der Waals surface area contributed by atoms with Gasteiger partial charge in [-0.2, -0.15) is 0 Å². The molecular weight excluding hydrogens is 580 g/mol. The summed E-state index contributed by atoms with van der Waals surface area (Å²) in [5, 5.41) is 8.61. The molecule has 3 heterocycles. The van der Waals surface area contributed by atoms with Crippen molar-refractivity contribution in [1.29, 1.82) is 0 Å². The van der Waals surface area contributed by atoms with Gasteiger partial charge in [0.05, 0.1) is 0 Å². The van der Waals surface area contributed by atoms with Crippen molar-refractivity contribution in [2.24, 2.45) is 5.92 Å². The molecule has 9 nitrogen and oxygen atoms in total. The molecule has 2 bridgehead atoms. The number of carbonyl (C=O) groups is 4. The molecule has 0 aromatic heterocycles. The zero-order valence-electron chi connectivity index (χ0n) is 26.1. The number of amides is 4. The summed E-state index contributed by atoms with van der Waals surface area (Å²) in [5.74, 6) is -1.35. The van der Waals surface area contributed by atoms with E-state index in [9.17, 15) is 19.2 Å². The molecule has 46 heavy (non-hydrogen) atoms. The minimum absolute atomic E-state index is 0.208. The molecule has 3 aliphatic heterocycles. The predicted octanol–water partition coefficient (Wildman–Crippen LogP) is 4.11. The molecule has 3 aromatic rings. The van der Waals surface area contributed by atoms with Crippen molar-refractivity contribution < 1.29 is 23.9 Å². The number of nitrogens with zero attached hydrogens (tertiary/aromatic N) is 1. The van der Waals surface area contributed by atoms with E-state index >= 15 is 0 Å². The fourth-order valence-corrected chi connectivity index (χ4v) is 5.72. The molecule has 4 amide bonds. The largest absolute Gasteiger partial charge is 0.487 e. The van der Waals surface area contributed by atoms with E-state index in [1.807, 2.05) is 86.6 Å². The van der Waals surface area contributed by atoms with Crippen LogP contribution in [0.4, 0.5) is 0 Å².